The van der Waals surface area contributed by atoms with Gasteiger partial charge in [-0.15, -0.1) is 0 Å². The van der Waals surface area contributed by atoms with Gasteiger partial charge in [0.05, 0.1) is 11.0 Å². The number of furan rings is 1. The Labute approximate surface area is 115 Å². The van der Waals surface area contributed by atoms with E-state index in [0.29, 0.717) is 13.0 Å². The van der Waals surface area contributed by atoms with Gasteiger partial charge in [-0.25, -0.2) is 4.98 Å². The third-order valence-corrected chi connectivity index (χ3v) is 2.94. The molecule has 4 N–H and O–H groups in total. The second kappa shape index (κ2) is 5.08. The SMILES string of the molecule is Nc1ccc(C(=O)NCCc2nc3ccccc3[nH]2)o1. The van der Waals surface area contributed by atoms with E-state index in [-0.39, 0.29) is 17.6 Å². The fourth-order valence-electron chi connectivity index (χ4n) is 1.98. The minimum absolute atomic E-state index is 0.215. The molecule has 0 aliphatic rings. The predicted molar refractivity (Wildman–Crippen MR) is 75.3 cm³/mol. The number of H-pyrrole nitrogens is 1. The maximum atomic E-state index is 11.7. The first-order chi connectivity index (χ1) is 9.72. The summed E-state index contributed by atoms with van der Waals surface area (Å²) in [5.74, 6) is 1.00. The minimum atomic E-state index is -0.280. The summed E-state index contributed by atoms with van der Waals surface area (Å²) in [4.78, 5) is 19.4. The number of nitrogens with two attached hydrogens (primary N) is 1. The lowest BCUT2D eigenvalue weighted by Crippen LogP contribution is -2.25. The Morgan fingerprint density at radius 1 is 1.30 bits per heavy atom. The number of nitrogen functional groups attached to an aromatic ring is 1. The zero-order chi connectivity index (χ0) is 13.9. The van der Waals surface area contributed by atoms with Crippen molar-refractivity contribution in [1.29, 1.82) is 0 Å². The lowest BCUT2D eigenvalue weighted by molar-refractivity contribution is 0.0927. The van der Waals surface area contributed by atoms with Crippen molar-refractivity contribution in [3.8, 4) is 0 Å². The van der Waals surface area contributed by atoms with Crippen LogP contribution in [0.25, 0.3) is 11.0 Å². The molecule has 0 spiro atoms. The van der Waals surface area contributed by atoms with Gasteiger partial charge in [0.15, 0.2) is 11.6 Å². The summed E-state index contributed by atoms with van der Waals surface area (Å²) in [6.45, 7) is 0.471. The summed E-state index contributed by atoms with van der Waals surface area (Å²) in [6, 6.07) is 10.9. The number of hydrogen-bond donors (Lipinski definition) is 3. The topological polar surface area (TPSA) is 96.9 Å². The molecule has 0 fully saturated rings. The molecule has 6 nitrogen and oxygen atoms in total. The maximum absolute atomic E-state index is 11.7. The lowest BCUT2D eigenvalue weighted by atomic mass is 10.3. The van der Waals surface area contributed by atoms with Crippen LogP contribution >= 0.6 is 0 Å². The average Bonchev–Trinajstić information content (AvgIpc) is 3.04. The van der Waals surface area contributed by atoms with E-state index >= 15 is 0 Å². The van der Waals surface area contributed by atoms with E-state index in [0.717, 1.165) is 16.9 Å². The van der Waals surface area contributed by atoms with Crippen LogP contribution in [-0.4, -0.2) is 22.4 Å². The van der Waals surface area contributed by atoms with Gasteiger partial charge in [-0.1, -0.05) is 12.1 Å². The first kappa shape index (κ1) is 12.3. The third-order valence-electron chi connectivity index (χ3n) is 2.94. The van der Waals surface area contributed by atoms with Crippen molar-refractivity contribution in [2.45, 2.75) is 6.42 Å². The van der Waals surface area contributed by atoms with E-state index in [9.17, 15) is 4.79 Å². The van der Waals surface area contributed by atoms with Crippen molar-refractivity contribution in [2.24, 2.45) is 0 Å². The van der Waals surface area contributed by atoms with E-state index in [1.807, 2.05) is 24.3 Å². The highest BCUT2D eigenvalue weighted by molar-refractivity contribution is 5.91. The highest BCUT2D eigenvalue weighted by Gasteiger charge is 2.09. The van der Waals surface area contributed by atoms with Crippen molar-refractivity contribution in [3.05, 3.63) is 48.0 Å². The minimum Gasteiger partial charge on any atom is -0.436 e. The largest absolute Gasteiger partial charge is 0.436 e. The van der Waals surface area contributed by atoms with Crippen molar-refractivity contribution >= 4 is 22.8 Å². The summed E-state index contributed by atoms with van der Waals surface area (Å²) < 4.78 is 5.04. The Morgan fingerprint density at radius 2 is 2.15 bits per heavy atom. The molecule has 0 unspecified atom stereocenters. The van der Waals surface area contributed by atoms with Gasteiger partial charge in [0, 0.05) is 19.0 Å². The number of benzene rings is 1. The Balaban J connectivity index is 1.58. The predicted octanol–water partition coefficient (Wildman–Crippen LogP) is 1.71. The Hall–Kier alpha value is -2.76. The fourth-order valence-corrected chi connectivity index (χ4v) is 1.98. The van der Waals surface area contributed by atoms with Gasteiger partial charge in [0.25, 0.3) is 5.91 Å². The number of anilines is 1. The molecule has 2 aromatic heterocycles. The van der Waals surface area contributed by atoms with E-state index < -0.39 is 0 Å². The second-order valence-electron chi connectivity index (χ2n) is 4.41. The smallest absolute Gasteiger partial charge is 0.287 e. The molecule has 1 aromatic carbocycles. The van der Waals surface area contributed by atoms with Crippen molar-refractivity contribution in [2.75, 3.05) is 12.3 Å². The van der Waals surface area contributed by atoms with Crippen LogP contribution in [0.2, 0.25) is 0 Å². The van der Waals surface area contributed by atoms with E-state index in [1.54, 1.807) is 12.1 Å². The third kappa shape index (κ3) is 2.49. The van der Waals surface area contributed by atoms with Gasteiger partial charge in [-0.05, 0) is 18.2 Å². The van der Waals surface area contributed by atoms with E-state index in [4.69, 9.17) is 10.2 Å². The number of imidazole rings is 1. The number of carbonyl (C=O) groups excluding carboxylic acids is 1. The summed E-state index contributed by atoms with van der Waals surface area (Å²) >= 11 is 0. The number of para-hydroxylation sites is 2. The molecule has 0 saturated heterocycles. The average molecular weight is 270 g/mol. The molecule has 2 heterocycles. The molecule has 0 bridgehead atoms. The van der Waals surface area contributed by atoms with Crippen LogP contribution in [0.15, 0.2) is 40.8 Å². The van der Waals surface area contributed by atoms with Crippen LogP contribution in [0.5, 0.6) is 0 Å². The number of carbonyl (C=O) groups is 1. The molecule has 102 valence electrons. The lowest BCUT2D eigenvalue weighted by Gasteiger charge is -2.00. The number of hydrogen-bond acceptors (Lipinski definition) is 4. The number of nitrogens with one attached hydrogen (secondary N) is 2. The van der Waals surface area contributed by atoms with Crippen LogP contribution in [0.1, 0.15) is 16.4 Å². The normalized spacial score (nSPS) is 10.8. The molecule has 1 amide bonds. The monoisotopic (exact) mass is 270 g/mol. The van der Waals surface area contributed by atoms with Crippen molar-refractivity contribution in [1.82, 2.24) is 15.3 Å². The summed E-state index contributed by atoms with van der Waals surface area (Å²) in [5.41, 5.74) is 7.33. The van der Waals surface area contributed by atoms with Crippen molar-refractivity contribution < 1.29 is 9.21 Å². The van der Waals surface area contributed by atoms with Crippen LogP contribution < -0.4 is 11.1 Å². The number of aromatic amines is 1. The van der Waals surface area contributed by atoms with Crippen LogP contribution in [0.4, 0.5) is 5.88 Å². The van der Waals surface area contributed by atoms with Gasteiger partial charge >= 0.3 is 0 Å². The maximum Gasteiger partial charge on any atom is 0.287 e. The fraction of sp³-hybridized carbons (Fsp3) is 0.143. The van der Waals surface area contributed by atoms with Gasteiger partial charge < -0.3 is 20.5 Å². The zero-order valence-corrected chi connectivity index (χ0v) is 10.7. The highest BCUT2D eigenvalue weighted by Crippen LogP contribution is 2.11. The number of fused-ring (bicyclic) bond motifs is 1. The first-order valence-electron chi connectivity index (χ1n) is 6.29. The highest BCUT2D eigenvalue weighted by atomic mass is 16.4. The van der Waals surface area contributed by atoms with Crippen LogP contribution in [-0.2, 0) is 6.42 Å². The number of nitrogens with zero attached hydrogens (tertiary/aromatic N) is 1. The molecule has 0 atom stereocenters. The van der Waals surface area contributed by atoms with Gasteiger partial charge in [-0.3, -0.25) is 4.79 Å². The molecular weight excluding hydrogens is 256 g/mol. The Kier molecular flexibility index (Phi) is 3.12. The summed E-state index contributed by atoms with van der Waals surface area (Å²) in [5, 5.41) is 2.76. The second-order valence-corrected chi connectivity index (χ2v) is 4.41. The zero-order valence-electron chi connectivity index (χ0n) is 10.7. The molecule has 6 heteroatoms. The Bertz CT molecular complexity index is 711. The Morgan fingerprint density at radius 3 is 2.90 bits per heavy atom. The molecule has 0 aliphatic carbocycles. The molecule has 3 rings (SSSR count). The number of aromatic nitrogens is 2. The van der Waals surface area contributed by atoms with Gasteiger partial charge in [0.1, 0.15) is 5.82 Å². The van der Waals surface area contributed by atoms with Crippen molar-refractivity contribution in [3.63, 3.8) is 0 Å². The molecule has 20 heavy (non-hydrogen) atoms. The standard InChI is InChI=1S/C14H14N4O2/c15-12-6-5-11(20-12)14(19)16-8-7-13-17-9-3-1-2-4-10(9)18-13/h1-6H,7-8,15H2,(H,16,19)(H,17,18). The van der Waals surface area contributed by atoms with Crippen LogP contribution in [0, 0.1) is 0 Å². The van der Waals surface area contributed by atoms with Crippen LogP contribution in [0.3, 0.4) is 0 Å². The molecule has 0 saturated carbocycles. The summed E-state index contributed by atoms with van der Waals surface area (Å²) in [6.07, 6.45) is 0.622. The quantitative estimate of drug-likeness (QED) is 0.672. The molecule has 0 aliphatic heterocycles. The molecule has 3 aromatic rings. The molecular formula is C14H14N4O2. The van der Waals surface area contributed by atoms with Gasteiger partial charge in [0.2, 0.25) is 0 Å². The van der Waals surface area contributed by atoms with E-state index in [1.165, 1.54) is 0 Å². The summed E-state index contributed by atoms with van der Waals surface area (Å²) in [7, 11) is 0. The van der Waals surface area contributed by atoms with Gasteiger partial charge in [-0.2, -0.15) is 0 Å². The number of amides is 1. The van der Waals surface area contributed by atoms with E-state index in [2.05, 4.69) is 15.3 Å². The molecule has 0 radical (unpaired) electrons. The number of rotatable bonds is 4. The first-order valence-corrected chi connectivity index (χ1v) is 6.29.